The summed E-state index contributed by atoms with van der Waals surface area (Å²) >= 11 is 1.26. The summed E-state index contributed by atoms with van der Waals surface area (Å²) in [6.45, 7) is 0.135. The van der Waals surface area contributed by atoms with E-state index in [2.05, 4.69) is 15.6 Å². The van der Waals surface area contributed by atoms with E-state index in [0.717, 1.165) is 5.56 Å². The molecule has 1 amide bonds. The minimum absolute atomic E-state index is 0.135. The van der Waals surface area contributed by atoms with E-state index in [9.17, 15) is 9.59 Å². The van der Waals surface area contributed by atoms with Crippen molar-refractivity contribution in [1.82, 2.24) is 4.90 Å². The molecule has 0 aromatic heterocycles. The molecule has 1 saturated heterocycles. The molecule has 0 bridgehead atoms. The Labute approximate surface area is 184 Å². The molecule has 0 atom stereocenters. The number of rotatable bonds is 6. The number of hydrogen-bond acceptors (Lipinski definition) is 7. The quantitative estimate of drug-likeness (QED) is 0.390. The lowest BCUT2D eigenvalue weighted by molar-refractivity contribution is -0.121. The van der Waals surface area contributed by atoms with Gasteiger partial charge in [-0.2, -0.15) is 0 Å². The first-order chi connectivity index (χ1) is 15.0. The Bertz CT molecular complexity index is 1100. The first-order valence-electron chi connectivity index (χ1n) is 9.15. The number of likely N-dealkylation sites (N-methyl/N-ethyl adjacent to an activating group) is 1. The van der Waals surface area contributed by atoms with Gasteiger partial charge >= 0.3 is 5.97 Å². The monoisotopic (exact) mass is 436 g/mol. The number of amides is 1. The molecule has 158 valence electrons. The average molecular weight is 436 g/mol. The lowest BCUT2D eigenvalue weighted by Crippen LogP contribution is -2.23. The maximum Gasteiger partial charge on any atom is 0.337 e. The smallest absolute Gasteiger partial charge is 0.337 e. The molecule has 31 heavy (non-hydrogen) atoms. The molecule has 0 N–H and O–H groups in total. The molecule has 0 spiro atoms. The minimum atomic E-state index is -0.418. The Morgan fingerprint density at radius 1 is 1.19 bits per heavy atom. The number of carbonyl (C=O) groups excluding carboxylic acids is 2. The average Bonchev–Trinajstić information content (AvgIpc) is 3.05. The fourth-order valence-corrected chi connectivity index (χ4v) is 3.70. The second-order valence-electron chi connectivity index (χ2n) is 6.31. The number of carbonyl (C=O) groups is 2. The predicted octanol–water partition coefficient (Wildman–Crippen LogP) is 3.73. The Hall–Kier alpha value is -3.70. The number of terminal acetylenes is 1. The van der Waals surface area contributed by atoms with E-state index in [1.54, 1.807) is 49.5 Å². The van der Waals surface area contributed by atoms with Crippen molar-refractivity contribution in [2.75, 3.05) is 27.9 Å². The van der Waals surface area contributed by atoms with Gasteiger partial charge in [-0.05, 0) is 59.8 Å². The van der Waals surface area contributed by atoms with Crippen LogP contribution in [0.1, 0.15) is 15.9 Å². The van der Waals surface area contributed by atoms with Crippen molar-refractivity contribution in [3.63, 3.8) is 0 Å². The maximum atomic E-state index is 12.7. The van der Waals surface area contributed by atoms with E-state index in [1.165, 1.54) is 30.9 Å². The summed E-state index contributed by atoms with van der Waals surface area (Å²) in [6, 6.07) is 12.0. The SMILES string of the molecule is C#CCOc1ccc(/C=C2\SC(=Nc3ccc(C(=O)OC)cc3)N(C)C2=O)cc1OC. The van der Waals surface area contributed by atoms with Crippen molar-refractivity contribution in [1.29, 1.82) is 0 Å². The molecule has 1 aliphatic rings. The first-order valence-corrected chi connectivity index (χ1v) is 9.97. The molecule has 1 heterocycles. The van der Waals surface area contributed by atoms with Gasteiger partial charge in [-0.25, -0.2) is 9.79 Å². The summed E-state index contributed by atoms with van der Waals surface area (Å²) in [6.07, 6.45) is 6.99. The number of ether oxygens (including phenoxy) is 3. The Morgan fingerprint density at radius 3 is 2.58 bits per heavy atom. The second-order valence-corrected chi connectivity index (χ2v) is 7.32. The molecule has 0 aliphatic carbocycles. The molecule has 0 unspecified atom stereocenters. The van der Waals surface area contributed by atoms with Crippen LogP contribution >= 0.6 is 11.8 Å². The third kappa shape index (κ3) is 5.08. The number of aliphatic imine (C=N–C) groups is 1. The second kappa shape index (κ2) is 9.87. The maximum absolute atomic E-state index is 12.7. The minimum Gasteiger partial charge on any atom is -0.493 e. The van der Waals surface area contributed by atoms with Crippen molar-refractivity contribution in [2.45, 2.75) is 0 Å². The van der Waals surface area contributed by atoms with Crippen LogP contribution in [0.25, 0.3) is 6.08 Å². The van der Waals surface area contributed by atoms with E-state index in [4.69, 9.17) is 15.9 Å². The van der Waals surface area contributed by atoms with Gasteiger partial charge in [-0.3, -0.25) is 9.69 Å². The summed E-state index contributed by atoms with van der Waals surface area (Å²) in [7, 11) is 4.53. The van der Waals surface area contributed by atoms with Gasteiger partial charge in [0.15, 0.2) is 16.7 Å². The highest BCUT2D eigenvalue weighted by molar-refractivity contribution is 8.18. The number of methoxy groups -OCH3 is 2. The highest BCUT2D eigenvalue weighted by Crippen LogP contribution is 2.35. The third-order valence-electron chi connectivity index (χ3n) is 4.31. The third-order valence-corrected chi connectivity index (χ3v) is 5.37. The molecular weight excluding hydrogens is 416 g/mol. The van der Waals surface area contributed by atoms with Crippen molar-refractivity contribution in [2.24, 2.45) is 4.99 Å². The standard InChI is InChI=1S/C23H20N2O5S/c1-5-12-30-18-11-6-15(13-19(18)28-3)14-20-21(26)25(2)23(31-20)24-17-9-7-16(8-10-17)22(27)29-4/h1,6-11,13-14H,12H2,2-4H3/b20-14-,24-23?. The predicted molar refractivity (Wildman–Crippen MR) is 121 cm³/mol. The number of nitrogens with zero attached hydrogens (tertiary/aromatic N) is 2. The number of amidine groups is 1. The van der Waals surface area contributed by atoms with Crippen LogP contribution in [0, 0.1) is 12.3 Å². The van der Waals surface area contributed by atoms with Gasteiger partial charge in [-0.1, -0.05) is 12.0 Å². The Balaban J connectivity index is 1.82. The molecule has 0 saturated carbocycles. The first kappa shape index (κ1) is 22.0. The zero-order chi connectivity index (χ0) is 22.4. The van der Waals surface area contributed by atoms with Gasteiger partial charge in [0.05, 0.1) is 30.4 Å². The molecule has 1 fully saturated rings. The van der Waals surface area contributed by atoms with Gasteiger partial charge in [0.2, 0.25) is 0 Å². The highest BCUT2D eigenvalue weighted by atomic mass is 32.2. The van der Waals surface area contributed by atoms with Crippen LogP contribution in [0.2, 0.25) is 0 Å². The van der Waals surface area contributed by atoms with Crippen molar-refractivity contribution >= 4 is 40.6 Å². The summed E-state index contributed by atoms with van der Waals surface area (Å²) in [5.41, 5.74) is 1.82. The molecule has 0 radical (unpaired) electrons. The number of benzene rings is 2. The summed E-state index contributed by atoms with van der Waals surface area (Å²) in [5.74, 6) is 2.88. The van der Waals surface area contributed by atoms with Crippen LogP contribution in [-0.4, -0.2) is 49.8 Å². The van der Waals surface area contributed by atoms with Crippen molar-refractivity contribution < 1.29 is 23.8 Å². The van der Waals surface area contributed by atoms with E-state index >= 15 is 0 Å². The van der Waals surface area contributed by atoms with Crippen molar-refractivity contribution in [3.05, 3.63) is 58.5 Å². The topological polar surface area (TPSA) is 77.4 Å². The van der Waals surface area contributed by atoms with Crippen LogP contribution < -0.4 is 9.47 Å². The summed E-state index contributed by atoms with van der Waals surface area (Å²) in [5, 5.41) is 0.531. The Morgan fingerprint density at radius 2 is 1.94 bits per heavy atom. The molecule has 2 aromatic rings. The fourth-order valence-electron chi connectivity index (χ4n) is 2.72. The van der Waals surface area contributed by atoms with Crippen LogP contribution in [0.15, 0.2) is 52.4 Å². The molecule has 7 nitrogen and oxygen atoms in total. The molecule has 2 aromatic carbocycles. The van der Waals surface area contributed by atoms with E-state index in [1.807, 2.05) is 6.07 Å². The number of hydrogen-bond donors (Lipinski definition) is 0. The van der Waals surface area contributed by atoms with Gasteiger partial charge in [0.25, 0.3) is 5.91 Å². The molecule has 3 rings (SSSR count). The van der Waals surface area contributed by atoms with Crippen molar-refractivity contribution in [3.8, 4) is 23.8 Å². The van der Waals surface area contributed by atoms with Crippen LogP contribution in [0.5, 0.6) is 11.5 Å². The van der Waals surface area contributed by atoms with Crippen LogP contribution in [0.4, 0.5) is 5.69 Å². The fraction of sp³-hybridized carbons (Fsp3) is 0.174. The van der Waals surface area contributed by atoms with Gasteiger partial charge in [0, 0.05) is 7.05 Å². The van der Waals surface area contributed by atoms with E-state index < -0.39 is 5.97 Å². The zero-order valence-electron chi connectivity index (χ0n) is 17.2. The lowest BCUT2D eigenvalue weighted by Gasteiger charge is -2.09. The van der Waals surface area contributed by atoms with Crippen LogP contribution in [-0.2, 0) is 9.53 Å². The molecule has 1 aliphatic heterocycles. The van der Waals surface area contributed by atoms with E-state index in [-0.39, 0.29) is 12.5 Å². The highest BCUT2D eigenvalue weighted by Gasteiger charge is 2.30. The number of esters is 1. The van der Waals surface area contributed by atoms with E-state index in [0.29, 0.717) is 32.8 Å². The normalized spacial score (nSPS) is 15.8. The molecular formula is C23H20N2O5S. The van der Waals surface area contributed by atoms with Gasteiger partial charge < -0.3 is 14.2 Å². The summed E-state index contributed by atoms with van der Waals surface area (Å²) in [4.78, 5) is 30.7. The Kier molecular flexibility index (Phi) is 7.00. The van der Waals surface area contributed by atoms with Gasteiger partial charge in [-0.15, -0.1) is 6.42 Å². The largest absolute Gasteiger partial charge is 0.493 e. The van der Waals surface area contributed by atoms with Gasteiger partial charge in [0.1, 0.15) is 6.61 Å². The number of thioether (sulfide) groups is 1. The molecule has 8 heteroatoms. The van der Waals surface area contributed by atoms with Crippen LogP contribution in [0.3, 0.4) is 0 Å². The lowest BCUT2D eigenvalue weighted by atomic mass is 10.2. The summed E-state index contributed by atoms with van der Waals surface area (Å²) < 4.78 is 15.5. The zero-order valence-corrected chi connectivity index (χ0v) is 18.1.